The number of benzene rings is 2. The van der Waals surface area contributed by atoms with E-state index in [-0.39, 0.29) is 5.78 Å². The Kier molecular flexibility index (Phi) is 8.54. The number of carbonyl (C=O) groups excluding carboxylic acids is 1. The van der Waals surface area contributed by atoms with Crippen LogP contribution in [0.3, 0.4) is 0 Å². The second kappa shape index (κ2) is 11.1. The summed E-state index contributed by atoms with van der Waals surface area (Å²) in [5, 5.41) is 10.3. The van der Waals surface area contributed by atoms with Crippen molar-refractivity contribution < 1.29 is 14.7 Å². The monoisotopic (exact) mass is 505 g/mol. The van der Waals surface area contributed by atoms with Gasteiger partial charge >= 0.3 is 5.97 Å². The molecule has 166 valence electrons. The lowest BCUT2D eigenvalue weighted by atomic mass is 10.1. The number of thioether (sulfide) groups is 1. The first-order chi connectivity index (χ1) is 15.3. The smallest absolute Gasteiger partial charge is 0.326 e. The van der Waals surface area contributed by atoms with E-state index in [1.165, 1.54) is 17.8 Å². The molecule has 32 heavy (non-hydrogen) atoms. The Bertz CT molecular complexity index is 1100. The van der Waals surface area contributed by atoms with Crippen LogP contribution in [0.5, 0.6) is 0 Å². The number of carboxylic acid groups (broad SMARTS) is 1. The fourth-order valence-electron chi connectivity index (χ4n) is 3.27. The first-order valence-electron chi connectivity index (χ1n) is 9.98. The number of thiocarbonyl (C=S) groups is 1. The largest absolute Gasteiger partial charge is 0.480 e. The van der Waals surface area contributed by atoms with Gasteiger partial charge in [0, 0.05) is 15.5 Å². The molecule has 1 aliphatic rings. The number of ketones is 1. The van der Waals surface area contributed by atoms with Crippen molar-refractivity contribution in [3.05, 3.63) is 80.2 Å². The maximum absolute atomic E-state index is 12.4. The zero-order chi connectivity index (χ0) is 23.3. The third-order valence-corrected chi connectivity index (χ3v) is 6.84. The predicted molar refractivity (Wildman–Crippen MR) is 137 cm³/mol. The van der Waals surface area contributed by atoms with Gasteiger partial charge in [-0.25, -0.2) is 4.79 Å². The number of carbonyl (C=O) groups is 2. The van der Waals surface area contributed by atoms with Crippen LogP contribution in [0.15, 0.2) is 53.4 Å². The van der Waals surface area contributed by atoms with E-state index in [0.717, 1.165) is 22.5 Å². The minimum Gasteiger partial charge on any atom is -0.480 e. The second-order valence-electron chi connectivity index (χ2n) is 7.24. The minimum absolute atomic E-state index is 0.200. The molecule has 1 unspecified atom stereocenters. The van der Waals surface area contributed by atoms with Crippen LogP contribution >= 0.6 is 47.2 Å². The van der Waals surface area contributed by atoms with Crippen molar-refractivity contribution in [2.75, 3.05) is 6.54 Å². The van der Waals surface area contributed by atoms with Crippen molar-refractivity contribution >= 4 is 75.4 Å². The molecule has 3 rings (SSSR count). The maximum atomic E-state index is 12.4. The standard InChI is InChI=1S/C24H21Cl2NO3S2/c1-2-3-21(23(29)30)27-14-18(32-24(27)31)12-16-6-4-15(5-7-16)8-11-22(28)19-10-9-17(25)13-20(19)26/h4-13,21H,2-3,14H2,1H3,(H,29,30)/b11-8+,18-12?. The molecule has 4 nitrogen and oxygen atoms in total. The van der Waals surface area contributed by atoms with E-state index in [0.29, 0.717) is 32.9 Å². The predicted octanol–water partition coefficient (Wildman–Crippen LogP) is 6.82. The summed E-state index contributed by atoms with van der Waals surface area (Å²) in [7, 11) is 0. The molecule has 2 aromatic rings. The average molecular weight is 506 g/mol. The molecule has 0 aromatic heterocycles. The highest BCUT2D eigenvalue weighted by Crippen LogP contribution is 2.33. The number of hydrogen-bond donors (Lipinski definition) is 1. The highest BCUT2D eigenvalue weighted by atomic mass is 35.5. The molecule has 0 saturated carbocycles. The van der Waals surface area contributed by atoms with Crippen molar-refractivity contribution in [2.45, 2.75) is 25.8 Å². The van der Waals surface area contributed by atoms with Gasteiger partial charge in [0.1, 0.15) is 10.4 Å². The van der Waals surface area contributed by atoms with E-state index in [4.69, 9.17) is 35.4 Å². The minimum atomic E-state index is -0.846. The molecule has 0 amide bonds. The summed E-state index contributed by atoms with van der Waals surface area (Å²) >= 11 is 18.8. The molecule has 0 spiro atoms. The first kappa shape index (κ1) is 24.5. The van der Waals surface area contributed by atoms with Crippen LogP contribution in [0, 0.1) is 0 Å². The molecule has 1 heterocycles. The van der Waals surface area contributed by atoms with Crippen molar-refractivity contribution in [1.82, 2.24) is 4.90 Å². The van der Waals surface area contributed by atoms with Crippen LogP contribution in [0.1, 0.15) is 41.3 Å². The molecular formula is C24H21Cl2NO3S2. The topological polar surface area (TPSA) is 57.6 Å². The SMILES string of the molecule is CCCC(C(=O)O)N1CC(=Cc2ccc(/C=C/C(=O)c3ccc(Cl)cc3Cl)cc2)SC1=S. The Hall–Kier alpha value is -2.12. The summed E-state index contributed by atoms with van der Waals surface area (Å²) in [6.45, 7) is 2.46. The molecule has 8 heteroatoms. The van der Waals surface area contributed by atoms with Crippen LogP contribution in [0.2, 0.25) is 10.0 Å². The summed E-state index contributed by atoms with van der Waals surface area (Å²) in [5.41, 5.74) is 2.25. The molecule has 0 aliphatic carbocycles. The van der Waals surface area contributed by atoms with Crippen molar-refractivity contribution in [2.24, 2.45) is 0 Å². The molecule has 0 radical (unpaired) electrons. The zero-order valence-corrected chi connectivity index (χ0v) is 20.4. The molecule has 0 bridgehead atoms. The van der Waals surface area contributed by atoms with Gasteiger partial charge in [-0.15, -0.1) is 0 Å². The highest BCUT2D eigenvalue weighted by Gasteiger charge is 2.32. The number of nitrogens with zero attached hydrogens (tertiary/aromatic N) is 1. The summed E-state index contributed by atoms with van der Waals surface area (Å²) in [6, 6.07) is 11.9. The van der Waals surface area contributed by atoms with E-state index in [1.807, 2.05) is 37.3 Å². The van der Waals surface area contributed by atoms with E-state index < -0.39 is 12.0 Å². The quantitative estimate of drug-likeness (QED) is 0.241. The Labute approximate surface area is 206 Å². The van der Waals surface area contributed by atoms with Gasteiger partial charge in [0.25, 0.3) is 0 Å². The lowest BCUT2D eigenvalue weighted by Crippen LogP contribution is -2.40. The maximum Gasteiger partial charge on any atom is 0.326 e. The lowest BCUT2D eigenvalue weighted by molar-refractivity contribution is -0.141. The van der Waals surface area contributed by atoms with E-state index in [2.05, 4.69) is 0 Å². The molecular weight excluding hydrogens is 485 g/mol. The highest BCUT2D eigenvalue weighted by molar-refractivity contribution is 8.25. The summed E-state index contributed by atoms with van der Waals surface area (Å²) < 4.78 is 0.594. The number of rotatable bonds is 8. The third-order valence-electron chi connectivity index (χ3n) is 4.89. The van der Waals surface area contributed by atoms with Crippen LogP contribution in [-0.2, 0) is 4.79 Å². The molecule has 1 fully saturated rings. The third kappa shape index (κ3) is 6.23. The number of carboxylic acids is 1. The van der Waals surface area contributed by atoms with Crippen molar-refractivity contribution in [1.29, 1.82) is 0 Å². The van der Waals surface area contributed by atoms with Gasteiger partial charge in [0.15, 0.2) is 5.78 Å². The number of aliphatic carboxylic acids is 1. The van der Waals surface area contributed by atoms with E-state index in [1.54, 1.807) is 29.2 Å². The second-order valence-corrected chi connectivity index (χ2v) is 9.84. The Morgan fingerprint density at radius 3 is 2.50 bits per heavy atom. The molecule has 1 saturated heterocycles. The normalized spacial score (nSPS) is 16.2. The van der Waals surface area contributed by atoms with E-state index in [9.17, 15) is 14.7 Å². The fraction of sp³-hybridized carbons (Fsp3) is 0.208. The van der Waals surface area contributed by atoms with Crippen molar-refractivity contribution in [3.8, 4) is 0 Å². The molecule has 1 N–H and O–H groups in total. The van der Waals surface area contributed by atoms with Gasteiger partial charge in [0.05, 0.1) is 11.6 Å². The lowest BCUT2D eigenvalue weighted by Gasteiger charge is -2.24. The molecule has 1 aliphatic heterocycles. The number of halogens is 2. The van der Waals surface area contributed by atoms with Gasteiger partial charge in [-0.05, 0) is 47.9 Å². The van der Waals surface area contributed by atoms with E-state index >= 15 is 0 Å². The van der Waals surface area contributed by atoms with Crippen LogP contribution < -0.4 is 0 Å². The first-order valence-corrected chi connectivity index (χ1v) is 12.0. The van der Waals surface area contributed by atoms with Crippen LogP contribution in [0.4, 0.5) is 0 Å². The van der Waals surface area contributed by atoms with Gasteiger partial charge in [-0.1, -0.05) is 90.9 Å². The Balaban J connectivity index is 1.67. The van der Waals surface area contributed by atoms with Gasteiger partial charge in [-0.2, -0.15) is 0 Å². The average Bonchev–Trinajstić information content (AvgIpc) is 3.10. The summed E-state index contributed by atoms with van der Waals surface area (Å²) in [4.78, 5) is 26.7. The van der Waals surface area contributed by atoms with Crippen LogP contribution in [0.25, 0.3) is 12.2 Å². The molecule has 2 aromatic carbocycles. The molecule has 1 atom stereocenters. The number of hydrogen-bond acceptors (Lipinski definition) is 4. The Morgan fingerprint density at radius 1 is 1.19 bits per heavy atom. The van der Waals surface area contributed by atoms with Gasteiger partial charge < -0.3 is 10.0 Å². The zero-order valence-electron chi connectivity index (χ0n) is 17.3. The summed E-state index contributed by atoms with van der Waals surface area (Å²) in [6.07, 6.45) is 6.55. The van der Waals surface area contributed by atoms with Gasteiger partial charge in [-0.3, -0.25) is 4.79 Å². The van der Waals surface area contributed by atoms with Crippen LogP contribution in [-0.4, -0.2) is 38.7 Å². The summed E-state index contributed by atoms with van der Waals surface area (Å²) in [5.74, 6) is -1.05. The Morgan fingerprint density at radius 2 is 1.88 bits per heavy atom. The van der Waals surface area contributed by atoms with Crippen molar-refractivity contribution in [3.63, 3.8) is 0 Å². The fourth-order valence-corrected chi connectivity index (χ4v) is 5.22. The van der Waals surface area contributed by atoms with Gasteiger partial charge in [0.2, 0.25) is 0 Å². The number of allylic oxidation sites excluding steroid dienone is 1.